The van der Waals surface area contributed by atoms with E-state index >= 15 is 0 Å². The van der Waals surface area contributed by atoms with Crippen LogP contribution < -0.4 is 15.0 Å². The molecule has 0 bridgehead atoms. The molecule has 2 aliphatic heterocycles. The number of amides is 1. The molecule has 0 saturated carbocycles. The van der Waals surface area contributed by atoms with Crippen LogP contribution in [0.4, 0.5) is 11.5 Å². The van der Waals surface area contributed by atoms with Gasteiger partial charge in [-0.15, -0.1) is 0 Å². The fourth-order valence-corrected chi connectivity index (χ4v) is 5.92. The number of aryl methyl sites for hydroxylation is 1. The molecule has 4 aromatic rings. The zero-order chi connectivity index (χ0) is 29.8. The fourth-order valence-electron chi connectivity index (χ4n) is 5.61. The standard InChI is InChI=1S/C33H34Cl2N6O2/c1-23-36-22-30-31(38-27-5-3-7-29(21-27)43-28-6-2-4-26(35)20-28)12-13-40(32(30)37-23)17-14-39-15-18-41(19-16-39)33(42)24-8-10-25(34)11-9-24/h2-11,20-22,31,38H,12-19H2,1H3. The van der Waals surface area contributed by atoms with Crippen molar-refractivity contribution in [1.82, 2.24) is 19.8 Å². The Bertz CT molecular complexity index is 1580. The second-order valence-corrected chi connectivity index (χ2v) is 11.8. The maximum Gasteiger partial charge on any atom is 0.253 e. The van der Waals surface area contributed by atoms with Crippen molar-refractivity contribution in [3.63, 3.8) is 0 Å². The van der Waals surface area contributed by atoms with Crippen LogP contribution in [0.5, 0.6) is 11.5 Å². The second-order valence-electron chi connectivity index (χ2n) is 10.9. The summed E-state index contributed by atoms with van der Waals surface area (Å²) in [5.41, 5.74) is 2.74. The molecule has 1 saturated heterocycles. The third-order valence-corrected chi connectivity index (χ3v) is 8.41. The Hall–Kier alpha value is -3.85. The normalized spacial score (nSPS) is 17.0. The van der Waals surface area contributed by atoms with Gasteiger partial charge in [-0.25, -0.2) is 9.97 Å². The Morgan fingerprint density at radius 3 is 2.42 bits per heavy atom. The van der Waals surface area contributed by atoms with E-state index in [9.17, 15) is 4.79 Å². The van der Waals surface area contributed by atoms with Crippen molar-refractivity contribution >= 4 is 40.6 Å². The highest BCUT2D eigenvalue weighted by Gasteiger charge is 2.28. The Kier molecular flexibility index (Phi) is 8.98. The molecule has 3 aromatic carbocycles. The van der Waals surface area contributed by atoms with E-state index in [0.29, 0.717) is 34.4 Å². The number of nitrogens with one attached hydrogen (secondary N) is 1. The number of anilines is 2. The zero-order valence-electron chi connectivity index (χ0n) is 24.0. The number of hydrogen-bond donors (Lipinski definition) is 1. The lowest BCUT2D eigenvalue weighted by Gasteiger charge is -2.38. The molecule has 1 N–H and O–H groups in total. The summed E-state index contributed by atoms with van der Waals surface area (Å²) >= 11 is 12.1. The highest BCUT2D eigenvalue weighted by Crippen LogP contribution is 2.35. The minimum absolute atomic E-state index is 0.0635. The number of piperazine rings is 1. The van der Waals surface area contributed by atoms with Gasteiger partial charge in [-0.2, -0.15) is 0 Å². The van der Waals surface area contributed by atoms with Crippen molar-refractivity contribution in [2.75, 3.05) is 56.0 Å². The number of benzene rings is 3. The van der Waals surface area contributed by atoms with E-state index in [2.05, 4.69) is 20.1 Å². The monoisotopic (exact) mass is 616 g/mol. The Labute approximate surface area is 262 Å². The van der Waals surface area contributed by atoms with Gasteiger partial charge in [-0.3, -0.25) is 9.69 Å². The summed E-state index contributed by atoms with van der Waals surface area (Å²) in [6.45, 7) is 7.71. The minimum atomic E-state index is 0.0635. The van der Waals surface area contributed by atoms with E-state index in [4.69, 9.17) is 32.9 Å². The quantitative estimate of drug-likeness (QED) is 0.236. The predicted molar refractivity (Wildman–Crippen MR) is 172 cm³/mol. The van der Waals surface area contributed by atoms with E-state index in [1.54, 1.807) is 30.3 Å². The van der Waals surface area contributed by atoms with Crippen molar-refractivity contribution in [3.8, 4) is 11.5 Å². The Morgan fingerprint density at radius 1 is 0.907 bits per heavy atom. The summed E-state index contributed by atoms with van der Waals surface area (Å²) in [7, 11) is 0. The molecule has 0 spiro atoms. The summed E-state index contributed by atoms with van der Waals surface area (Å²) < 4.78 is 6.04. The lowest BCUT2D eigenvalue weighted by atomic mass is 10.00. The van der Waals surface area contributed by atoms with E-state index in [1.807, 2.05) is 60.5 Å². The van der Waals surface area contributed by atoms with Crippen molar-refractivity contribution < 1.29 is 9.53 Å². The molecular formula is C33H34Cl2N6O2. The summed E-state index contributed by atoms with van der Waals surface area (Å²) in [5.74, 6) is 3.24. The first kappa shape index (κ1) is 29.2. The molecule has 0 radical (unpaired) electrons. The predicted octanol–water partition coefficient (Wildman–Crippen LogP) is 6.71. The number of aromatic nitrogens is 2. The molecule has 1 fully saturated rings. The van der Waals surface area contributed by atoms with Gasteiger partial charge in [0, 0.05) is 84.9 Å². The third kappa shape index (κ3) is 7.21. The zero-order valence-corrected chi connectivity index (χ0v) is 25.6. The molecule has 1 aromatic heterocycles. The Balaban J connectivity index is 1.06. The maximum absolute atomic E-state index is 12.9. The third-order valence-electron chi connectivity index (χ3n) is 7.92. The summed E-state index contributed by atoms with van der Waals surface area (Å²) in [5, 5.41) is 4.96. The molecule has 1 unspecified atom stereocenters. The molecule has 1 atom stereocenters. The average Bonchev–Trinajstić information content (AvgIpc) is 3.01. The van der Waals surface area contributed by atoms with Gasteiger partial charge in [-0.05, 0) is 67.9 Å². The van der Waals surface area contributed by atoms with Crippen LogP contribution in [0.25, 0.3) is 0 Å². The number of nitrogens with zero attached hydrogens (tertiary/aromatic N) is 5. The summed E-state index contributed by atoms with van der Waals surface area (Å²) in [6.07, 6.45) is 2.87. The van der Waals surface area contributed by atoms with E-state index in [-0.39, 0.29) is 11.9 Å². The molecule has 10 heteroatoms. The van der Waals surface area contributed by atoms with E-state index in [1.165, 1.54) is 0 Å². The number of fused-ring (bicyclic) bond motifs is 1. The van der Waals surface area contributed by atoms with Gasteiger partial charge in [0.15, 0.2) is 0 Å². The molecule has 6 rings (SSSR count). The van der Waals surface area contributed by atoms with Crippen LogP contribution in [0.1, 0.15) is 34.2 Å². The molecule has 3 heterocycles. The second kappa shape index (κ2) is 13.2. The topological polar surface area (TPSA) is 73.8 Å². The number of ether oxygens (including phenoxy) is 1. The van der Waals surface area contributed by atoms with Crippen molar-refractivity contribution in [2.45, 2.75) is 19.4 Å². The van der Waals surface area contributed by atoms with Gasteiger partial charge in [0.1, 0.15) is 23.1 Å². The van der Waals surface area contributed by atoms with Crippen LogP contribution in [0.3, 0.4) is 0 Å². The van der Waals surface area contributed by atoms with E-state index < -0.39 is 0 Å². The lowest BCUT2D eigenvalue weighted by molar-refractivity contribution is 0.0640. The van der Waals surface area contributed by atoms with Crippen LogP contribution in [0.2, 0.25) is 10.0 Å². The first-order chi connectivity index (χ1) is 20.9. The van der Waals surface area contributed by atoms with Crippen molar-refractivity contribution in [3.05, 3.63) is 106 Å². The SMILES string of the molecule is Cc1ncc2c(n1)N(CCN1CCN(C(=O)c3ccc(Cl)cc3)CC1)CCC2Nc1cccc(Oc2cccc(Cl)c2)c1. The van der Waals surface area contributed by atoms with Gasteiger partial charge in [0.2, 0.25) is 0 Å². The molecular weight excluding hydrogens is 583 g/mol. The van der Waals surface area contributed by atoms with Gasteiger partial charge in [0.05, 0.1) is 6.04 Å². The largest absolute Gasteiger partial charge is 0.457 e. The molecule has 222 valence electrons. The van der Waals surface area contributed by atoms with Gasteiger partial charge < -0.3 is 19.9 Å². The smallest absolute Gasteiger partial charge is 0.253 e. The van der Waals surface area contributed by atoms with Gasteiger partial charge >= 0.3 is 0 Å². The van der Waals surface area contributed by atoms with Gasteiger partial charge in [-0.1, -0.05) is 35.3 Å². The number of carbonyl (C=O) groups is 1. The average molecular weight is 618 g/mol. The van der Waals surface area contributed by atoms with E-state index in [0.717, 1.165) is 67.8 Å². The number of carbonyl (C=O) groups excluding carboxylic acids is 1. The fraction of sp³-hybridized carbons (Fsp3) is 0.303. The summed E-state index contributed by atoms with van der Waals surface area (Å²) in [6, 6.07) is 22.5. The molecule has 43 heavy (non-hydrogen) atoms. The summed E-state index contributed by atoms with van der Waals surface area (Å²) in [4.78, 5) is 29.0. The minimum Gasteiger partial charge on any atom is -0.457 e. The van der Waals surface area contributed by atoms with Crippen molar-refractivity contribution in [1.29, 1.82) is 0 Å². The molecule has 2 aliphatic rings. The Morgan fingerprint density at radius 2 is 1.65 bits per heavy atom. The van der Waals surface area contributed by atoms with Crippen LogP contribution in [0, 0.1) is 6.92 Å². The van der Waals surface area contributed by atoms with Crippen LogP contribution in [-0.4, -0.2) is 71.5 Å². The number of rotatable bonds is 8. The molecule has 1 amide bonds. The molecule has 8 nitrogen and oxygen atoms in total. The van der Waals surface area contributed by atoms with Crippen LogP contribution in [-0.2, 0) is 0 Å². The van der Waals surface area contributed by atoms with Crippen LogP contribution in [0.15, 0.2) is 79.0 Å². The highest BCUT2D eigenvalue weighted by molar-refractivity contribution is 6.31. The number of hydrogen-bond acceptors (Lipinski definition) is 7. The maximum atomic E-state index is 12.9. The lowest BCUT2D eigenvalue weighted by Crippen LogP contribution is -2.50. The first-order valence-electron chi connectivity index (χ1n) is 14.6. The molecule has 0 aliphatic carbocycles. The first-order valence-corrected chi connectivity index (χ1v) is 15.3. The highest BCUT2D eigenvalue weighted by atomic mass is 35.5. The van der Waals surface area contributed by atoms with Crippen molar-refractivity contribution in [2.24, 2.45) is 0 Å². The van der Waals surface area contributed by atoms with Gasteiger partial charge in [0.25, 0.3) is 5.91 Å². The van der Waals surface area contributed by atoms with Crippen LogP contribution >= 0.6 is 23.2 Å². The number of halogens is 2.